The van der Waals surface area contributed by atoms with Gasteiger partial charge in [-0.15, -0.1) is 0 Å². The van der Waals surface area contributed by atoms with Crippen molar-refractivity contribution in [1.82, 2.24) is 9.55 Å². The molecule has 98 valence electrons. The van der Waals surface area contributed by atoms with Gasteiger partial charge in [0.1, 0.15) is 12.4 Å². The number of carboxylic acids is 1. The molecule has 1 aromatic carbocycles. The first-order valence-corrected chi connectivity index (χ1v) is 5.91. The lowest BCUT2D eigenvalue weighted by molar-refractivity contribution is -0.137. The van der Waals surface area contributed by atoms with Crippen molar-refractivity contribution in [2.75, 3.05) is 0 Å². The molecule has 0 unspecified atom stereocenters. The van der Waals surface area contributed by atoms with Crippen LogP contribution in [0.3, 0.4) is 0 Å². The van der Waals surface area contributed by atoms with Gasteiger partial charge in [0.15, 0.2) is 0 Å². The predicted octanol–water partition coefficient (Wildman–Crippen LogP) is 1.96. The van der Waals surface area contributed by atoms with Crippen LogP contribution in [-0.4, -0.2) is 20.6 Å². The van der Waals surface area contributed by atoms with Gasteiger partial charge in [-0.05, 0) is 19.1 Å². The molecule has 0 atom stereocenters. The molecule has 0 aliphatic rings. The number of aliphatic carboxylic acids is 1. The number of aryl methyl sites for hydroxylation is 1. The number of carbonyl (C=O) groups is 1. The molecule has 1 heterocycles. The van der Waals surface area contributed by atoms with Gasteiger partial charge >= 0.3 is 5.97 Å². The Morgan fingerprint density at radius 1 is 1.42 bits per heavy atom. The second-order valence-corrected chi connectivity index (χ2v) is 4.49. The smallest absolute Gasteiger partial charge is 0.323 e. The molecule has 0 bridgehead atoms. The van der Waals surface area contributed by atoms with Crippen LogP contribution in [0.15, 0.2) is 35.1 Å². The average Bonchev–Trinajstić information content (AvgIpc) is 2.32. The molecule has 5 nitrogen and oxygen atoms in total. The average molecular weight is 279 g/mol. The predicted molar refractivity (Wildman–Crippen MR) is 71.3 cm³/mol. The molecule has 19 heavy (non-hydrogen) atoms. The van der Waals surface area contributed by atoms with E-state index >= 15 is 0 Å². The molecule has 0 fully saturated rings. The van der Waals surface area contributed by atoms with Crippen molar-refractivity contribution in [2.45, 2.75) is 13.5 Å². The van der Waals surface area contributed by atoms with Gasteiger partial charge < -0.3 is 5.11 Å². The highest BCUT2D eigenvalue weighted by atomic mass is 35.5. The summed E-state index contributed by atoms with van der Waals surface area (Å²) in [6.45, 7) is 1.24. The minimum Gasteiger partial charge on any atom is -0.480 e. The van der Waals surface area contributed by atoms with E-state index in [4.69, 9.17) is 16.7 Å². The summed E-state index contributed by atoms with van der Waals surface area (Å²) in [6.07, 6.45) is 0. The van der Waals surface area contributed by atoms with Crippen LogP contribution in [0.4, 0.5) is 0 Å². The third-order valence-electron chi connectivity index (χ3n) is 2.51. The Labute approximate surface area is 114 Å². The molecule has 0 saturated heterocycles. The lowest BCUT2D eigenvalue weighted by Gasteiger charge is -2.11. The van der Waals surface area contributed by atoms with Gasteiger partial charge in [0.25, 0.3) is 5.56 Å². The maximum absolute atomic E-state index is 11.9. The van der Waals surface area contributed by atoms with Crippen LogP contribution in [0.25, 0.3) is 11.4 Å². The number of hydrogen-bond donors (Lipinski definition) is 1. The molecule has 0 radical (unpaired) electrons. The summed E-state index contributed by atoms with van der Waals surface area (Å²) < 4.78 is 1.11. The van der Waals surface area contributed by atoms with Gasteiger partial charge in [0.2, 0.25) is 0 Å². The first-order chi connectivity index (χ1) is 8.97. The minimum atomic E-state index is -1.10. The molecular weight excluding hydrogens is 268 g/mol. The van der Waals surface area contributed by atoms with Crippen LogP contribution in [-0.2, 0) is 11.3 Å². The summed E-state index contributed by atoms with van der Waals surface area (Å²) in [5, 5.41) is 9.37. The molecule has 1 aromatic heterocycles. The number of benzene rings is 1. The Kier molecular flexibility index (Phi) is 3.66. The molecule has 2 rings (SSSR count). The van der Waals surface area contributed by atoms with E-state index in [2.05, 4.69) is 4.98 Å². The van der Waals surface area contributed by atoms with Crippen molar-refractivity contribution in [3.8, 4) is 11.4 Å². The van der Waals surface area contributed by atoms with E-state index in [0.717, 1.165) is 4.57 Å². The highest BCUT2D eigenvalue weighted by molar-refractivity contribution is 6.30. The standard InChI is InChI=1S/C13H11ClN2O3/c1-8-5-11(17)16(7-12(18)19)13(15-8)9-3-2-4-10(14)6-9/h2-6H,7H2,1H3,(H,18,19). The molecule has 2 aromatic rings. The fourth-order valence-corrected chi connectivity index (χ4v) is 1.95. The molecule has 0 spiro atoms. The van der Waals surface area contributed by atoms with E-state index in [1.54, 1.807) is 31.2 Å². The molecular formula is C13H11ClN2O3. The van der Waals surface area contributed by atoms with Gasteiger partial charge in [-0.1, -0.05) is 23.7 Å². The molecule has 1 N–H and O–H groups in total. The summed E-state index contributed by atoms with van der Waals surface area (Å²) in [4.78, 5) is 27.0. The largest absolute Gasteiger partial charge is 0.480 e. The van der Waals surface area contributed by atoms with E-state index in [-0.39, 0.29) is 0 Å². The van der Waals surface area contributed by atoms with Crippen molar-refractivity contribution in [3.05, 3.63) is 51.4 Å². The Balaban J connectivity index is 2.67. The topological polar surface area (TPSA) is 72.2 Å². The highest BCUT2D eigenvalue weighted by Crippen LogP contribution is 2.20. The van der Waals surface area contributed by atoms with Crippen molar-refractivity contribution >= 4 is 17.6 Å². The second kappa shape index (κ2) is 5.24. The van der Waals surface area contributed by atoms with Gasteiger partial charge in [0, 0.05) is 22.3 Å². The maximum atomic E-state index is 11.9. The van der Waals surface area contributed by atoms with Crippen LogP contribution in [0.1, 0.15) is 5.69 Å². The molecule has 0 aliphatic carbocycles. The lowest BCUT2D eigenvalue weighted by Crippen LogP contribution is -2.26. The van der Waals surface area contributed by atoms with Gasteiger partial charge in [-0.2, -0.15) is 0 Å². The van der Waals surface area contributed by atoms with E-state index in [1.807, 2.05) is 0 Å². The number of nitrogens with zero attached hydrogens (tertiary/aromatic N) is 2. The number of halogens is 1. The number of rotatable bonds is 3. The van der Waals surface area contributed by atoms with Crippen molar-refractivity contribution in [1.29, 1.82) is 0 Å². The van der Waals surface area contributed by atoms with Gasteiger partial charge in [0.05, 0.1) is 0 Å². The normalized spacial score (nSPS) is 10.4. The Morgan fingerprint density at radius 2 is 2.16 bits per heavy atom. The lowest BCUT2D eigenvalue weighted by atomic mass is 10.2. The van der Waals surface area contributed by atoms with Gasteiger partial charge in [-0.25, -0.2) is 4.98 Å². The SMILES string of the molecule is Cc1cc(=O)n(CC(=O)O)c(-c2cccc(Cl)c2)n1. The highest BCUT2D eigenvalue weighted by Gasteiger charge is 2.12. The summed E-state index contributed by atoms with van der Waals surface area (Å²) in [5.41, 5.74) is 0.737. The zero-order chi connectivity index (χ0) is 14.0. The second-order valence-electron chi connectivity index (χ2n) is 4.05. The number of aromatic nitrogens is 2. The fourth-order valence-electron chi connectivity index (χ4n) is 1.76. The number of carboxylic acid groups (broad SMARTS) is 1. The summed E-state index contributed by atoms with van der Waals surface area (Å²) in [7, 11) is 0. The summed E-state index contributed by atoms with van der Waals surface area (Å²) in [6, 6.07) is 8.08. The Hall–Kier alpha value is -2.14. The van der Waals surface area contributed by atoms with E-state index < -0.39 is 18.1 Å². The fraction of sp³-hybridized carbons (Fsp3) is 0.154. The first-order valence-electron chi connectivity index (χ1n) is 5.53. The third-order valence-corrected chi connectivity index (χ3v) is 2.75. The Morgan fingerprint density at radius 3 is 2.79 bits per heavy atom. The minimum absolute atomic E-state index is 0.301. The Bertz CT molecular complexity index is 695. The van der Waals surface area contributed by atoms with Crippen LogP contribution >= 0.6 is 11.6 Å². The van der Waals surface area contributed by atoms with Crippen LogP contribution < -0.4 is 5.56 Å². The monoisotopic (exact) mass is 278 g/mol. The van der Waals surface area contributed by atoms with Crippen molar-refractivity contribution < 1.29 is 9.90 Å². The third kappa shape index (κ3) is 3.00. The van der Waals surface area contributed by atoms with E-state index in [1.165, 1.54) is 6.07 Å². The van der Waals surface area contributed by atoms with Crippen LogP contribution in [0, 0.1) is 6.92 Å². The van der Waals surface area contributed by atoms with Crippen LogP contribution in [0.5, 0.6) is 0 Å². The van der Waals surface area contributed by atoms with E-state index in [0.29, 0.717) is 22.1 Å². The quantitative estimate of drug-likeness (QED) is 0.931. The molecule has 0 saturated carbocycles. The maximum Gasteiger partial charge on any atom is 0.323 e. The summed E-state index contributed by atoms with van der Waals surface area (Å²) in [5.74, 6) is -0.800. The van der Waals surface area contributed by atoms with E-state index in [9.17, 15) is 9.59 Å². The summed E-state index contributed by atoms with van der Waals surface area (Å²) >= 11 is 5.90. The van der Waals surface area contributed by atoms with Gasteiger partial charge in [-0.3, -0.25) is 14.2 Å². The molecule has 6 heteroatoms. The molecule has 0 amide bonds. The zero-order valence-electron chi connectivity index (χ0n) is 10.1. The zero-order valence-corrected chi connectivity index (χ0v) is 10.9. The van der Waals surface area contributed by atoms with Crippen molar-refractivity contribution in [2.24, 2.45) is 0 Å². The van der Waals surface area contributed by atoms with Crippen molar-refractivity contribution in [3.63, 3.8) is 0 Å². The van der Waals surface area contributed by atoms with Crippen LogP contribution in [0.2, 0.25) is 5.02 Å². The molecule has 0 aliphatic heterocycles. The first kappa shape index (κ1) is 13.3. The number of hydrogen-bond acceptors (Lipinski definition) is 3.